The van der Waals surface area contributed by atoms with Gasteiger partial charge in [-0.1, -0.05) is 6.07 Å². The Labute approximate surface area is 91.5 Å². The Morgan fingerprint density at radius 1 is 1.53 bits per heavy atom. The van der Waals surface area contributed by atoms with E-state index in [1.165, 1.54) is 7.11 Å². The van der Waals surface area contributed by atoms with Crippen molar-refractivity contribution in [3.05, 3.63) is 34.7 Å². The molecule has 0 radical (unpaired) electrons. The quantitative estimate of drug-likeness (QED) is 0.790. The number of carbonyl (C=O) groups excluding carboxylic acids is 1. The fraction of sp³-hybridized carbons (Fsp3) is 0.182. The number of methoxy groups -OCH3 is 1. The molecule has 0 saturated heterocycles. The van der Waals surface area contributed by atoms with E-state index in [9.17, 15) is 4.79 Å². The minimum atomic E-state index is -0.311. The SMILES string of the molecule is COC(=O)c1cccc2scc(CN)c12. The van der Waals surface area contributed by atoms with Gasteiger partial charge in [-0.25, -0.2) is 4.79 Å². The van der Waals surface area contributed by atoms with Gasteiger partial charge < -0.3 is 10.5 Å². The molecule has 0 spiro atoms. The zero-order valence-corrected chi connectivity index (χ0v) is 9.14. The Kier molecular flexibility index (Phi) is 2.70. The van der Waals surface area contributed by atoms with Crippen molar-refractivity contribution in [2.45, 2.75) is 6.54 Å². The summed E-state index contributed by atoms with van der Waals surface area (Å²) in [5.41, 5.74) is 7.22. The number of carbonyl (C=O) groups is 1. The zero-order chi connectivity index (χ0) is 10.8. The third-order valence-electron chi connectivity index (χ3n) is 2.30. The normalized spacial score (nSPS) is 10.5. The lowest BCUT2D eigenvalue weighted by Crippen LogP contribution is -2.03. The van der Waals surface area contributed by atoms with E-state index in [1.54, 1.807) is 17.4 Å². The van der Waals surface area contributed by atoms with Crippen LogP contribution >= 0.6 is 11.3 Å². The number of benzene rings is 1. The minimum absolute atomic E-state index is 0.311. The van der Waals surface area contributed by atoms with Crippen molar-refractivity contribution >= 4 is 27.4 Å². The van der Waals surface area contributed by atoms with Crippen molar-refractivity contribution in [3.63, 3.8) is 0 Å². The van der Waals surface area contributed by atoms with Crippen LogP contribution in [-0.2, 0) is 11.3 Å². The lowest BCUT2D eigenvalue weighted by molar-refractivity contribution is 0.0603. The van der Waals surface area contributed by atoms with Crippen LogP contribution in [0.1, 0.15) is 15.9 Å². The summed E-state index contributed by atoms with van der Waals surface area (Å²) in [5.74, 6) is -0.311. The maximum absolute atomic E-state index is 11.5. The van der Waals surface area contributed by atoms with Gasteiger partial charge >= 0.3 is 5.97 Å². The van der Waals surface area contributed by atoms with E-state index in [0.717, 1.165) is 15.6 Å². The van der Waals surface area contributed by atoms with E-state index in [0.29, 0.717) is 12.1 Å². The van der Waals surface area contributed by atoms with Crippen molar-refractivity contribution < 1.29 is 9.53 Å². The topological polar surface area (TPSA) is 52.3 Å². The number of rotatable bonds is 2. The summed E-state index contributed by atoms with van der Waals surface area (Å²) >= 11 is 1.59. The van der Waals surface area contributed by atoms with Gasteiger partial charge in [0.1, 0.15) is 0 Å². The molecule has 78 valence electrons. The Balaban J connectivity index is 2.72. The molecule has 0 bridgehead atoms. The van der Waals surface area contributed by atoms with Gasteiger partial charge in [0.2, 0.25) is 0 Å². The first-order chi connectivity index (χ1) is 7.27. The zero-order valence-electron chi connectivity index (χ0n) is 8.32. The first kappa shape index (κ1) is 10.1. The van der Waals surface area contributed by atoms with Crippen LogP contribution in [0.3, 0.4) is 0 Å². The van der Waals surface area contributed by atoms with Crippen LogP contribution < -0.4 is 5.73 Å². The fourth-order valence-electron chi connectivity index (χ4n) is 1.58. The number of ether oxygens (including phenoxy) is 1. The summed E-state index contributed by atoms with van der Waals surface area (Å²) in [4.78, 5) is 11.5. The predicted octanol–water partition coefficient (Wildman–Crippen LogP) is 2.15. The van der Waals surface area contributed by atoms with Gasteiger partial charge in [0.25, 0.3) is 0 Å². The molecule has 1 aromatic heterocycles. The molecule has 0 fully saturated rings. The number of nitrogens with two attached hydrogens (primary N) is 1. The smallest absolute Gasteiger partial charge is 0.338 e. The lowest BCUT2D eigenvalue weighted by atomic mass is 10.1. The Bertz CT molecular complexity index is 504. The second-order valence-electron chi connectivity index (χ2n) is 3.14. The van der Waals surface area contributed by atoms with Crippen molar-refractivity contribution in [1.82, 2.24) is 0 Å². The maximum Gasteiger partial charge on any atom is 0.338 e. The number of thiophene rings is 1. The van der Waals surface area contributed by atoms with Crippen molar-refractivity contribution in [3.8, 4) is 0 Å². The molecule has 0 amide bonds. The highest BCUT2D eigenvalue weighted by Gasteiger charge is 2.13. The molecule has 1 aromatic carbocycles. The van der Waals surface area contributed by atoms with Crippen LogP contribution in [0.25, 0.3) is 10.1 Å². The van der Waals surface area contributed by atoms with E-state index in [4.69, 9.17) is 10.5 Å². The van der Waals surface area contributed by atoms with E-state index < -0.39 is 0 Å². The van der Waals surface area contributed by atoms with Crippen LogP contribution in [-0.4, -0.2) is 13.1 Å². The van der Waals surface area contributed by atoms with Gasteiger partial charge in [-0.15, -0.1) is 11.3 Å². The molecular formula is C11H11NO2S. The third kappa shape index (κ3) is 1.62. The number of esters is 1. The fourth-order valence-corrected chi connectivity index (χ4v) is 2.58. The number of fused-ring (bicyclic) bond motifs is 1. The molecule has 4 heteroatoms. The van der Waals surface area contributed by atoms with Crippen LogP contribution in [0.2, 0.25) is 0 Å². The van der Waals surface area contributed by atoms with Crippen LogP contribution in [0, 0.1) is 0 Å². The highest BCUT2D eigenvalue weighted by molar-refractivity contribution is 7.17. The molecule has 2 aromatic rings. The van der Waals surface area contributed by atoms with Crippen LogP contribution in [0.15, 0.2) is 23.6 Å². The van der Waals surface area contributed by atoms with Gasteiger partial charge in [0.15, 0.2) is 0 Å². The Morgan fingerprint density at radius 2 is 2.33 bits per heavy atom. The van der Waals surface area contributed by atoms with Gasteiger partial charge in [-0.2, -0.15) is 0 Å². The van der Waals surface area contributed by atoms with Gasteiger partial charge in [0, 0.05) is 16.6 Å². The van der Waals surface area contributed by atoms with E-state index >= 15 is 0 Å². The molecular weight excluding hydrogens is 210 g/mol. The molecule has 1 heterocycles. The molecule has 2 rings (SSSR count). The molecule has 0 aliphatic carbocycles. The highest BCUT2D eigenvalue weighted by atomic mass is 32.1. The Morgan fingerprint density at radius 3 is 3.00 bits per heavy atom. The van der Waals surface area contributed by atoms with E-state index in [2.05, 4.69) is 0 Å². The summed E-state index contributed by atoms with van der Waals surface area (Å²) in [7, 11) is 1.38. The molecule has 0 atom stereocenters. The van der Waals surface area contributed by atoms with Crippen molar-refractivity contribution in [2.75, 3.05) is 7.11 Å². The van der Waals surface area contributed by atoms with Gasteiger partial charge in [0.05, 0.1) is 12.7 Å². The summed E-state index contributed by atoms with van der Waals surface area (Å²) in [6.07, 6.45) is 0. The standard InChI is InChI=1S/C11H11NO2S/c1-14-11(13)8-3-2-4-9-10(8)7(5-12)6-15-9/h2-4,6H,5,12H2,1H3. The van der Waals surface area contributed by atoms with Gasteiger partial charge in [-0.3, -0.25) is 0 Å². The second-order valence-corrected chi connectivity index (χ2v) is 4.05. The molecule has 0 aliphatic rings. The largest absolute Gasteiger partial charge is 0.465 e. The summed E-state index contributed by atoms with van der Waals surface area (Å²) in [6.45, 7) is 0.438. The maximum atomic E-state index is 11.5. The monoisotopic (exact) mass is 221 g/mol. The van der Waals surface area contributed by atoms with Crippen LogP contribution in [0.4, 0.5) is 0 Å². The van der Waals surface area contributed by atoms with Crippen molar-refractivity contribution in [1.29, 1.82) is 0 Å². The van der Waals surface area contributed by atoms with Gasteiger partial charge in [-0.05, 0) is 23.1 Å². The molecule has 2 N–H and O–H groups in total. The van der Waals surface area contributed by atoms with Crippen molar-refractivity contribution in [2.24, 2.45) is 5.73 Å². The molecule has 3 nitrogen and oxygen atoms in total. The highest BCUT2D eigenvalue weighted by Crippen LogP contribution is 2.29. The first-order valence-electron chi connectivity index (χ1n) is 4.55. The first-order valence-corrected chi connectivity index (χ1v) is 5.43. The molecule has 0 saturated carbocycles. The van der Waals surface area contributed by atoms with E-state index in [1.807, 2.05) is 17.5 Å². The molecule has 0 aliphatic heterocycles. The number of hydrogen-bond donors (Lipinski definition) is 1. The van der Waals surface area contributed by atoms with Crippen LogP contribution in [0.5, 0.6) is 0 Å². The number of hydrogen-bond acceptors (Lipinski definition) is 4. The molecule has 0 unspecified atom stereocenters. The lowest BCUT2D eigenvalue weighted by Gasteiger charge is -2.02. The van der Waals surface area contributed by atoms with E-state index in [-0.39, 0.29) is 5.97 Å². The summed E-state index contributed by atoms with van der Waals surface area (Å²) in [5, 5.41) is 2.91. The average Bonchev–Trinajstić information content (AvgIpc) is 2.70. The average molecular weight is 221 g/mol. The Hall–Kier alpha value is -1.39. The summed E-state index contributed by atoms with van der Waals surface area (Å²) < 4.78 is 5.81. The predicted molar refractivity (Wildman–Crippen MR) is 61.1 cm³/mol. The molecule has 15 heavy (non-hydrogen) atoms. The second kappa shape index (κ2) is 4.00. The third-order valence-corrected chi connectivity index (χ3v) is 3.30. The summed E-state index contributed by atoms with van der Waals surface area (Å²) in [6, 6.07) is 5.59. The minimum Gasteiger partial charge on any atom is -0.465 e.